The maximum absolute atomic E-state index is 11.0. The maximum Gasteiger partial charge on any atom is 0.344 e. The summed E-state index contributed by atoms with van der Waals surface area (Å²) in [5.74, 6) is -0.404. The van der Waals surface area contributed by atoms with Gasteiger partial charge in [0.05, 0.1) is 0 Å². The van der Waals surface area contributed by atoms with Gasteiger partial charge in [-0.3, -0.25) is 0 Å². The number of carboxylic acid groups (broad SMARTS) is 1. The molecule has 1 aromatic carbocycles. The normalized spacial score (nSPS) is 12.2. The first-order chi connectivity index (χ1) is 8.08. The number of hydrogen-bond acceptors (Lipinski definition) is 3. The molecule has 4 nitrogen and oxygen atoms in total. The molecule has 0 saturated carbocycles. The van der Waals surface area contributed by atoms with Crippen LogP contribution in [0, 0.1) is 0 Å². The Labute approximate surface area is 109 Å². The molecule has 5 heteroatoms. The van der Waals surface area contributed by atoms with Crippen molar-refractivity contribution in [1.82, 2.24) is 0 Å². The van der Waals surface area contributed by atoms with Gasteiger partial charge in [-0.05, 0) is 30.2 Å². The molecule has 0 aromatic heterocycles. The highest BCUT2D eigenvalue weighted by atomic mass is 79.9. The zero-order chi connectivity index (χ0) is 12.8. The SMILES string of the molecule is CCCC(Oc1ccc(Br)c(CN)c1)C(=O)O. The number of halogens is 1. The minimum Gasteiger partial charge on any atom is -0.479 e. The predicted octanol–water partition coefficient (Wildman–Crippen LogP) is 2.54. The standard InChI is InChI=1S/C12H16BrNO3/c1-2-3-11(12(15)16)17-9-4-5-10(13)8(6-9)7-14/h4-6,11H,2-3,7,14H2,1H3,(H,15,16). The number of hydrogen-bond donors (Lipinski definition) is 2. The van der Waals surface area contributed by atoms with Crippen LogP contribution in [0.5, 0.6) is 5.75 Å². The van der Waals surface area contributed by atoms with Crippen molar-refractivity contribution in [2.24, 2.45) is 5.73 Å². The highest BCUT2D eigenvalue weighted by molar-refractivity contribution is 9.10. The van der Waals surface area contributed by atoms with Gasteiger partial charge >= 0.3 is 5.97 Å². The quantitative estimate of drug-likeness (QED) is 0.847. The lowest BCUT2D eigenvalue weighted by molar-refractivity contribution is -0.145. The molecule has 0 aliphatic rings. The molecule has 17 heavy (non-hydrogen) atoms. The van der Waals surface area contributed by atoms with Crippen molar-refractivity contribution >= 4 is 21.9 Å². The van der Waals surface area contributed by atoms with Gasteiger partial charge in [-0.15, -0.1) is 0 Å². The zero-order valence-electron chi connectivity index (χ0n) is 9.65. The number of rotatable bonds is 6. The number of ether oxygens (including phenoxy) is 1. The molecule has 1 unspecified atom stereocenters. The lowest BCUT2D eigenvalue weighted by Crippen LogP contribution is -2.26. The van der Waals surface area contributed by atoms with Crippen LogP contribution in [0.4, 0.5) is 0 Å². The summed E-state index contributed by atoms with van der Waals surface area (Å²) in [4.78, 5) is 11.0. The second kappa shape index (κ2) is 6.61. The lowest BCUT2D eigenvalue weighted by Gasteiger charge is -2.15. The summed E-state index contributed by atoms with van der Waals surface area (Å²) >= 11 is 3.36. The van der Waals surface area contributed by atoms with E-state index in [9.17, 15) is 4.79 Å². The molecule has 94 valence electrons. The third-order valence-electron chi connectivity index (χ3n) is 2.34. The first kappa shape index (κ1) is 14.0. The Morgan fingerprint density at radius 2 is 2.29 bits per heavy atom. The van der Waals surface area contributed by atoms with E-state index in [1.54, 1.807) is 12.1 Å². The summed E-state index contributed by atoms with van der Waals surface area (Å²) in [6, 6.07) is 5.30. The summed E-state index contributed by atoms with van der Waals surface area (Å²) < 4.78 is 6.34. The van der Waals surface area contributed by atoms with Crippen LogP contribution < -0.4 is 10.5 Å². The maximum atomic E-state index is 11.0. The molecule has 0 saturated heterocycles. The molecule has 1 rings (SSSR count). The molecule has 0 bridgehead atoms. The Balaban J connectivity index is 2.82. The van der Waals surface area contributed by atoms with Gasteiger partial charge in [-0.25, -0.2) is 4.79 Å². The molecule has 0 radical (unpaired) electrons. The summed E-state index contributed by atoms with van der Waals surface area (Å²) in [5.41, 5.74) is 6.46. The number of aliphatic carboxylic acids is 1. The average molecular weight is 302 g/mol. The minimum absolute atomic E-state index is 0.378. The molecule has 0 heterocycles. The van der Waals surface area contributed by atoms with Crippen LogP contribution in [-0.2, 0) is 11.3 Å². The highest BCUT2D eigenvalue weighted by Crippen LogP contribution is 2.23. The molecule has 3 N–H and O–H groups in total. The van der Waals surface area contributed by atoms with Crippen LogP contribution in [-0.4, -0.2) is 17.2 Å². The van der Waals surface area contributed by atoms with Gasteiger partial charge in [-0.1, -0.05) is 29.3 Å². The fourth-order valence-corrected chi connectivity index (χ4v) is 1.85. The van der Waals surface area contributed by atoms with E-state index in [1.165, 1.54) is 0 Å². The molecule has 0 spiro atoms. The van der Waals surface area contributed by atoms with E-state index in [4.69, 9.17) is 15.6 Å². The topological polar surface area (TPSA) is 72.5 Å². The fourth-order valence-electron chi connectivity index (χ4n) is 1.44. The largest absolute Gasteiger partial charge is 0.479 e. The second-order valence-electron chi connectivity index (χ2n) is 3.69. The van der Waals surface area contributed by atoms with E-state index >= 15 is 0 Å². The van der Waals surface area contributed by atoms with E-state index < -0.39 is 12.1 Å². The summed E-state index contributed by atoms with van der Waals surface area (Å²) in [5, 5.41) is 8.99. The van der Waals surface area contributed by atoms with Crippen molar-refractivity contribution in [3.05, 3.63) is 28.2 Å². The van der Waals surface area contributed by atoms with Gasteiger partial charge in [0, 0.05) is 11.0 Å². The van der Waals surface area contributed by atoms with Crippen LogP contribution in [0.2, 0.25) is 0 Å². The Morgan fingerprint density at radius 3 is 2.82 bits per heavy atom. The lowest BCUT2D eigenvalue weighted by atomic mass is 10.2. The number of nitrogens with two attached hydrogens (primary N) is 1. The Bertz CT molecular complexity index is 395. The zero-order valence-corrected chi connectivity index (χ0v) is 11.2. The third kappa shape index (κ3) is 4.02. The number of carbonyl (C=O) groups is 1. The summed E-state index contributed by atoms with van der Waals surface area (Å²) in [6.45, 7) is 2.30. The van der Waals surface area contributed by atoms with E-state index in [0.717, 1.165) is 16.5 Å². The molecule has 0 aliphatic carbocycles. The van der Waals surface area contributed by atoms with Crippen molar-refractivity contribution in [2.75, 3.05) is 0 Å². The number of benzene rings is 1. The third-order valence-corrected chi connectivity index (χ3v) is 3.12. The molecular formula is C12H16BrNO3. The fraction of sp³-hybridized carbons (Fsp3) is 0.417. The van der Waals surface area contributed by atoms with Crippen LogP contribution in [0.3, 0.4) is 0 Å². The van der Waals surface area contributed by atoms with Gasteiger partial charge in [-0.2, -0.15) is 0 Å². The van der Waals surface area contributed by atoms with Crippen LogP contribution >= 0.6 is 15.9 Å². The van der Waals surface area contributed by atoms with Gasteiger partial charge in [0.2, 0.25) is 0 Å². The average Bonchev–Trinajstić information content (AvgIpc) is 2.30. The summed E-state index contributed by atoms with van der Waals surface area (Å²) in [6.07, 6.45) is 0.451. The van der Waals surface area contributed by atoms with Gasteiger partial charge in [0.25, 0.3) is 0 Å². The van der Waals surface area contributed by atoms with Crippen LogP contribution in [0.25, 0.3) is 0 Å². The van der Waals surface area contributed by atoms with Crippen molar-refractivity contribution in [3.8, 4) is 5.75 Å². The first-order valence-electron chi connectivity index (χ1n) is 5.46. The van der Waals surface area contributed by atoms with Crippen LogP contribution in [0.1, 0.15) is 25.3 Å². The molecule has 1 atom stereocenters. The molecular weight excluding hydrogens is 286 g/mol. The minimum atomic E-state index is -0.941. The van der Waals surface area contributed by atoms with E-state index in [2.05, 4.69) is 15.9 Å². The molecule has 0 aliphatic heterocycles. The van der Waals surface area contributed by atoms with Crippen molar-refractivity contribution in [1.29, 1.82) is 0 Å². The monoisotopic (exact) mass is 301 g/mol. The first-order valence-corrected chi connectivity index (χ1v) is 6.25. The van der Waals surface area contributed by atoms with Crippen LogP contribution in [0.15, 0.2) is 22.7 Å². The van der Waals surface area contributed by atoms with Crippen molar-refractivity contribution < 1.29 is 14.6 Å². The molecule has 0 fully saturated rings. The van der Waals surface area contributed by atoms with Crippen molar-refractivity contribution in [3.63, 3.8) is 0 Å². The highest BCUT2D eigenvalue weighted by Gasteiger charge is 2.18. The van der Waals surface area contributed by atoms with E-state index in [0.29, 0.717) is 18.7 Å². The van der Waals surface area contributed by atoms with E-state index in [-0.39, 0.29) is 0 Å². The van der Waals surface area contributed by atoms with Gasteiger partial charge in [0.15, 0.2) is 6.10 Å². The predicted molar refractivity (Wildman–Crippen MR) is 69.0 cm³/mol. The molecule has 0 amide bonds. The van der Waals surface area contributed by atoms with E-state index in [1.807, 2.05) is 13.0 Å². The second-order valence-corrected chi connectivity index (χ2v) is 4.55. The molecule has 1 aromatic rings. The number of carboxylic acids is 1. The Kier molecular flexibility index (Phi) is 5.44. The van der Waals surface area contributed by atoms with Gasteiger partial charge < -0.3 is 15.6 Å². The Morgan fingerprint density at radius 1 is 1.59 bits per heavy atom. The summed E-state index contributed by atoms with van der Waals surface area (Å²) in [7, 11) is 0. The smallest absolute Gasteiger partial charge is 0.344 e. The van der Waals surface area contributed by atoms with Gasteiger partial charge in [0.1, 0.15) is 5.75 Å². The van der Waals surface area contributed by atoms with Crippen molar-refractivity contribution in [2.45, 2.75) is 32.4 Å². The Hall–Kier alpha value is -1.07.